The first-order valence-electron chi connectivity index (χ1n) is 4.70. The summed E-state index contributed by atoms with van der Waals surface area (Å²) in [5, 5.41) is 10.9. The predicted octanol–water partition coefficient (Wildman–Crippen LogP) is 3.41. The quantitative estimate of drug-likeness (QED) is 0.826. The van der Waals surface area contributed by atoms with Crippen LogP contribution in [0.25, 0.3) is 0 Å². The monoisotopic (exact) mass is 230 g/mol. The average Bonchev–Trinajstić information content (AvgIpc) is 2.90. The van der Waals surface area contributed by atoms with Crippen LogP contribution in [0.1, 0.15) is 25.3 Å². The molecule has 0 radical (unpaired) electrons. The summed E-state index contributed by atoms with van der Waals surface area (Å²) in [6.07, 6.45) is 1.62. The zero-order valence-corrected chi connectivity index (χ0v) is 9.44. The van der Waals surface area contributed by atoms with Gasteiger partial charge in [-0.2, -0.15) is 0 Å². The maximum Gasteiger partial charge on any atom is 0.0630 e. The Hall–Kier alpha value is -0.240. The van der Waals surface area contributed by atoms with Crippen molar-refractivity contribution in [3.05, 3.63) is 33.8 Å². The Morgan fingerprint density at radius 2 is 2.00 bits per heavy atom. The fourth-order valence-electron chi connectivity index (χ4n) is 1.94. The Kier molecular flexibility index (Phi) is 2.50. The topological polar surface area (TPSA) is 20.2 Å². The Bertz CT molecular complexity index is 356. The van der Waals surface area contributed by atoms with E-state index in [0.717, 1.165) is 18.4 Å². The van der Waals surface area contributed by atoms with E-state index in [4.69, 9.17) is 23.2 Å². The molecule has 1 nitrogen and oxygen atoms in total. The molecule has 0 saturated heterocycles. The first-order chi connectivity index (χ1) is 6.58. The predicted molar refractivity (Wildman–Crippen MR) is 59.1 cm³/mol. The third kappa shape index (κ3) is 1.44. The normalized spacial score (nSPS) is 20.6. The molecule has 76 valence electrons. The van der Waals surface area contributed by atoms with E-state index in [1.165, 1.54) is 0 Å². The summed E-state index contributed by atoms with van der Waals surface area (Å²) in [6.45, 7) is 1.81. The number of hydrogen-bond acceptors (Lipinski definition) is 1. The van der Waals surface area contributed by atoms with E-state index in [-0.39, 0.29) is 11.5 Å². The van der Waals surface area contributed by atoms with Gasteiger partial charge in [0.05, 0.1) is 16.1 Å². The molecule has 2 rings (SSSR count). The van der Waals surface area contributed by atoms with Crippen LogP contribution >= 0.6 is 23.2 Å². The van der Waals surface area contributed by atoms with Crippen molar-refractivity contribution in [3.8, 4) is 0 Å². The molecule has 0 bridgehead atoms. The minimum Gasteiger partial charge on any atom is -0.392 e. The van der Waals surface area contributed by atoms with Crippen LogP contribution in [0.15, 0.2) is 18.2 Å². The van der Waals surface area contributed by atoms with Gasteiger partial charge in [0.15, 0.2) is 0 Å². The van der Waals surface area contributed by atoms with Gasteiger partial charge in [0.1, 0.15) is 0 Å². The van der Waals surface area contributed by atoms with Crippen molar-refractivity contribution in [3.63, 3.8) is 0 Å². The highest BCUT2D eigenvalue weighted by Gasteiger charge is 2.49. The molecular weight excluding hydrogens is 219 g/mol. The lowest BCUT2D eigenvalue weighted by Gasteiger charge is -2.20. The van der Waals surface area contributed by atoms with Gasteiger partial charge >= 0.3 is 0 Å². The molecule has 1 aromatic carbocycles. The van der Waals surface area contributed by atoms with Gasteiger partial charge < -0.3 is 5.11 Å². The lowest BCUT2D eigenvalue weighted by atomic mass is 9.91. The van der Waals surface area contributed by atoms with Crippen LogP contribution in [0.3, 0.4) is 0 Å². The van der Waals surface area contributed by atoms with Crippen molar-refractivity contribution in [1.29, 1.82) is 0 Å². The lowest BCUT2D eigenvalue weighted by Crippen LogP contribution is -2.22. The van der Waals surface area contributed by atoms with Crippen LogP contribution in [0.5, 0.6) is 0 Å². The molecule has 1 aromatic rings. The second-order valence-electron chi connectivity index (χ2n) is 3.93. The SMILES string of the molecule is CC(O)C1(c2cccc(Cl)c2Cl)CC1. The van der Waals surface area contributed by atoms with Gasteiger partial charge in [0, 0.05) is 5.41 Å². The van der Waals surface area contributed by atoms with Gasteiger partial charge in [0.25, 0.3) is 0 Å². The molecule has 1 aliphatic carbocycles. The summed E-state index contributed by atoms with van der Waals surface area (Å²) in [7, 11) is 0. The van der Waals surface area contributed by atoms with Crippen LogP contribution in [0.4, 0.5) is 0 Å². The smallest absolute Gasteiger partial charge is 0.0630 e. The largest absolute Gasteiger partial charge is 0.392 e. The van der Waals surface area contributed by atoms with E-state index < -0.39 is 0 Å². The number of halogens is 2. The van der Waals surface area contributed by atoms with Gasteiger partial charge in [-0.25, -0.2) is 0 Å². The summed E-state index contributed by atoms with van der Waals surface area (Å²) < 4.78 is 0. The summed E-state index contributed by atoms with van der Waals surface area (Å²) in [5.74, 6) is 0. The number of aliphatic hydroxyl groups excluding tert-OH is 1. The van der Waals surface area contributed by atoms with Gasteiger partial charge in [-0.3, -0.25) is 0 Å². The second kappa shape index (κ2) is 3.41. The van der Waals surface area contributed by atoms with Gasteiger partial charge in [-0.05, 0) is 31.4 Å². The number of aliphatic hydroxyl groups is 1. The van der Waals surface area contributed by atoms with Gasteiger partial charge in [-0.1, -0.05) is 35.3 Å². The van der Waals surface area contributed by atoms with Crippen molar-refractivity contribution in [2.45, 2.75) is 31.3 Å². The van der Waals surface area contributed by atoms with Gasteiger partial charge in [-0.15, -0.1) is 0 Å². The summed E-state index contributed by atoms with van der Waals surface area (Å²) in [4.78, 5) is 0. The molecule has 0 amide bonds. The van der Waals surface area contributed by atoms with Crippen LogP contribution in [-0.2, 0) is 5.41 Å². The standard InChI is InChI=1S/C11H12Cl2O/c1-7(14)11(5-6-11)8-3-2-4-9(12)10(8)13/h2-4,7,14H,5-6H2,1H3. The highest BCUT2D eigenvalue weighted by atomic mass is 35.5. The number of hydrogen-bond donors (Lipinski definition) is 1. The van der Waals surface area contributed by atoms with E-state index in [1.54, 1.807) is 6.07 Å². The fraction of sp³-hybridized carbons (Fsp3) is 0.455. The zero-order valence-electron chi connectivity index (χ0n) is 7.93. The van der Waals surface area contributed by atoms with Crippen LogP contribution < -0.4 is 0 Å². The molecule has 1 saturated carbocycles. The van der Waals surface area contributed by atoms with Crippen molar-refractivity contribution in [1.82, 2.24) is 0 Å². The molecular formula is C11H12Cl2O. The summed E-state index contributed by atoms with van der Waals surface area (Å²) >= 11 is 12.1. The Balaban J connectivity index is 2.47. The highest BCUT2D eigenvalue weighted by molar-refractivity contribution is 6.42. The molecule has 1 aliphatic rings. The van der Waals surface area contributed by atoms with E-state index in [9.17, 15) is 5.11 Å². The molecule has 1 unspecified atom stereocenters. The average molecular weight is 231 g/mol. The molecule has 0 aliphatic heterocycles. The molecule has 1 N–H and O–H groups in total. The van der Waals surface area contributed by atoms with Crippen LogP contribution in [0.2, 0.25) is 10.0 Å². The third-order valence-electron chi connectivity index (χ3n) is 3.08. The minimum absolute atomic E-state index is 0.137. The zero-order chi connectivity index (χ0) is 10.3. The van der Waals surface area contributed by atoms with E-state index in [2.05, 4.69) is 0 Å². The maximum absolute atomic E-state index is 9.71. The minimum atomic E-state index is -0.363. The lowest BCUT2D eigenvalue weighted by molar-refractivity contribution is 0.151. The Morgan fingerprint density at radius 1 is 1.36 bits per heavy atom. The Morgan fingerprint density at radius 3 is 2.50 bits per heavy atom. The van der Waals surface area contributed by atoms with Crippen LogP contribution in [-0.4, -0.2) is 11.2 Å². The highest BCUT2D eigenvalue weighted by Crippen LogP contribution is 2.53. The molecule has 0 aromatic heterocycles. The second-order valence-corrected chi connectivity index (χ2v) is 4.72. The summed E-state index contributed by atoms with van der Waals surface area (Å²) in [6, 6.07) is 5.60. The van der Waals surface area contributed by atoms with E-state index in [1.807, 2.05) is 19.1 Å². The number of benzene rings is 1. The molecule has 3 heteroatoms. The van der Waals surface area contributed by atoms with Gasteiger partial charge in [0.2, 0.25) is 0 Å². The third-order valence-corrected chi connectivity index (χ3v) is 3.90. The van der Waals surface area contributed by atoms with Crippen molar-refractivity contribution < 1.29 is 5.11 Å². The van der Waals surface area contributed by atoms with Crippen LogP contribution in [0, 0.1) is 0 Å². The molecule has 0 heterocycles. The first kappa shape index (κ1) is 10.3. The molecule has 14 heavy (non-hydrogen) atoms. The molecule has 1 atom stereocenters. The van der Waals surface area contributed by atoms with E-state index in [0.29, 0.717) is 10.0 Å². The molecule has 0 spiro atoms. The maximum atomic E-state index is 9.71. The van der Waals surface area contributed by atoms with Crippen molar-refractivity contribution >= 4 is 23.2 Å². The number of rotatable bonds is 2. The van der Waals surface area contributed by atoms with Crippen molar-refractivity contribution in [2.75, 3.05) is 0 Å². The summed E-state index contributed by atoms with van der Waals surface area (Å²) in [5.41, 5.74) is 0.851. The van der Waals surface area contributed by atoms with E-state index >= 15 is 0 Å². The van der Waals surface area contributed by atoms with Crippen molar-refractivity contribution in [2.24, 2.45) is 0 Å². The molecule has 1 fully saturated rings. The Labute approximate surface area is 93.7 Å². The first-order valence-corrected chi connectivity index (χ1v) is 5.46. The fourth-order valence-corrected chi connectivity index (χ4v) is 2.42.